The Kier molecular flexibility index (Phi) is 5.85. The van der Waals surface area contributed by atoms with Gasteiger partial charge in [0.25, 0.3) is 0 Å². The molecule has 1 aromatic rings. The van der Waals surface area contributed by atoms with E-state index in [9.17, 15) is 4.79 Å². The fourth-order valence-electron chi connectivity index (χ4n) is 1.38. The van der Waals surface area contributed by atoms with Crippen LogP contribution in [0.1, 0.15) is 13.8 Å². The van der Waals surface area contributed by atoms with Crippen LogP contribution < -0.4 is 15.8 Å². The summed E-state index contributed by atoms with van der Waals surface area (Å²) < 4.78 is 5.17. The van der Waals surface area contributed by atoms with Crippen molar-refractivity contribution in [3.63, 3.8) is 0 Å². The third-order valence-corrected chi connectivity index (χ3v) is 3.55. The molecular weight excluding hydrogens is 248 g/mol. The van der Waals surface area contributed by atoms with E-state index in [0.717, 1.165) is 5.75 Å². The first-order chi connectivity index (χ1) is 8.52. The van der Waals surface area contributed by atoms with Crippen LogP contribution in [0.3, 0.4) is 0 Å². The number of ether oxygens (including phenoxy) is 1. The molecule has 1 aromatic carbocycles. The van der Waals surface area contributed by atoms with E-state index in [1.54, 1.807) is 37.1 Å². The zero-order chi connectivity index (χ0) is 13.5. The van der Waals surface area contributed by atoms with Crippen LogP contribution in [0.2, 0.25) is 0 Å². The second-order valence-electron chi connectivity index (χ2n) is 4.42. The lowest BCUT2D eigenvalue weighted by Crippen LogP contribution is -2.15. The maximum absolute atomic E-state index is 11.7. The summed E-state index contributed by atoms with van der Waals surface area (Å²) in [5.74, 6) is 2.58. The smallest absolute Gasteiger partial charge is 0.234 e. The number of amides is 1. The van der Waals surface area contributed by atoms with E-state index >= 15 is 0 Å². The number of nitrogen functional groups attached to an aromatic ring is 1. The van der Waals surface area contributed by atoms with E-state index in [2.05, 4.69) is 19.2 Å². The molecule has 0 aliphatic rings. The molecule has 4 nitrogen and oxygen atoms in total. The lowest BCUT2D eigenvalue weighted by atomic mass is 10.2. The summed E-state index contributed by atoms with van der Waals surface area (Å²) in [6.07, 6.45) is 0. The monoisotopic (exact) mass is 268 g/mol. The molecule has 0 fully saturated rings. The summed E-state index contributed by atoms with van der Waals surface area (Å²) in [5, 5.41) is 2.82. The maximum atomic E-state index is 11.7. The number of carbonyl (C=O) groups excluding carboxylic acids is 1. The van der Waals surface area contributed by atoms with E-state index in [-0.39, 0.29) is 5.91 Å². The molecule has 0 spiro atoms. The van der Waals surface area contributed by atoms with Gasteiger partial charge in [-0.25, -0.2) is 0 Å². The fraction of sp³-hybridized carbons (Fsp3) is 0.462. The first-order valence-corrected chi connectivity index (χ1v) is 6.99. The number of thioether (sulfide) groups is 1. The van der Waals surface area contributed by atoms with Gasteiger partial charge in [-0.1, -0.05) is 13.8 Å². The highest BCUT2D eigenvalue weighted by atomic mass is 32.2. The van der Waals surface area contributed by atoms with Crippen molar-refractivity contribution in [1.29, 1.82) is 0 Å². The summed E-state index contributed by atoms with van der Waals surface area (Å²) in [5.41, 5.74) is 6.92. The number of carbonyl (C=O) groups is 1. The van der Waals surface area contributed by atoms with Crippen LogP contribution in [0.4, 0.5) is 11.4 Å². The molecule has 0 unspecified atom stereocenters. The number of nitrogens with one attached hydrogen (secondary N) is 1. The molecule has 0 aliphatic carbocycles. The number of benzene rings is 1. The Morgan fingerprint density at radius 3 is 2.83 bits per heavy atom. The predicted octanol–water partition coefficient (Wildman–Crippen LogP) is 2.61. The molecule has 1 rings (SSSR count). The summed E-state index contributed by atoms with van der Waals surface area (Å²) in [6, 6.07) is 5.18. The van der Waals surface area contributed by atoms with E-state index in [1.165, 1.54) is 0 Å². The largest absolute Gasteiger partial charge is 0.494 e. The molecule has 0 aromatic heterocycles. The number of methoxy groups -OCH3 is 1. The molecule has 5 heteroatoms. The van der Waals surface area contributed by atoms with Crippen LogP contribution in [0.5, 0.6) is 5.75 Å². The van der Waals surface area contributed by atoms with Gasteiger partial charge in [0.05, 0.1) is 18.6 Å². The minimum Gasteiger partial charge on any atom is -0.494 e. The molecule has 0 saturated heterocycles. The third kappa shape index (κ3) is 4.87. The van der Waals surface area contributed by atoms with Gasteiger partial charge in [0.15, 0.2) is 0 Å². The topological polar surface area (TPSA) is 64.3 Å². The Bertz CT molecular complexity index is 408. The van der Waals surface area contributed by atoms with Gasteiger partial charge in [-0.05, 0) is 23.8 Å². The molecule has 0 heterocycles. The van der Waals surface area contributed by atoms with Crippen molar-refractivity contribution < 1.29 is 9.53 Å². The Labute approximate surface area is 112 Å². The lowest BCUT2D eigenvalue weighted by molar-refractivity contribution is -0.113. The van der Waals surface area contributed by atoms with Gasteiger partial charge in [0, 0.05) is 11.8 Å². The number of rotatable bonds is 6. The third-order valence-electron chi connectivity index (χ3n) is 2.18. The van der Waals surface area contributed by atoms with Crippen molar-refractivity contribution in [2.75, 3.05) is 29.7 Å². The van der Waals surface area contributed by atoms with Crippen LogP contribution in [0, 0.1) is 5.92 Å². The second-order valence-corrected chi connectivity index (χ2v) is 5.45. The first-order valence-electron chi connectivity index (χ1n) is 5.84. The molecule has 0 saturated carbocycles. The van der Waals surface area contributed by atoms with E-state index in [0.29, 0.717) is 28.8 Å². The van der Waals surface area contributed by atoms with Gasteiger partial charge < -0.3 is 15.8 Å². The SMILES string of the molecule is COc1cc(N)ccc1NC(=O)CSCC(C)C. The number of hydrogen-bond donors (Lipinski definition) is 2. The van der Waals surface area contributed by atoms with Crippen LogP contribution in [-0.4, -0.2) is 24.5 Å². The van der Waals surface area contributed by atoms with Crippen molar-refractivity contribution in [2.45, 2.75) is 13.8 Å². The zero-order valence-corrected chi connectivity index (χ0v) is 11.8. The van der Waals surface area contributed by atoms with Gasteiger partial charge in [0.2, 0.25) is 5.91 Å². The fourth-order valence-corrected chi connectivity index (χ4v) is 2.23. The lowest BCUT2D eigenvalue weighted by Gasteiger charge is -2.11. The molecule has 0 aliphatic heterocycles. The molecule has 18 heavy (non-hydrogen) atoms. The Balaban J connectivity index is 2.53. The van der Waals surface area contributed by atoms with Crippen LogP contribution >= 0.6 is 11.8 Å². The van der Waals surface area contributed by atoms with Crippen LogP contribution in [0.15, 0.2) is 18.2 Å². The summed E-state index contributed by atoms with van der Waals surface area (Å²) in [6.45, 7) is 4.27. The number of hydrogen-bond acceptors (Lipinski definition) is 4. The van der Waals surface area contributed by atoms with Crippen molar-refractivity contribution in [2.24, 2.45) is 5.92 Å². The second kappa shape index (κ2) is 7.16. The van der Waals surface area contributed by atoms with Crippen molar-refractivity contribution in [3.05, 3.63) is 18.2 Å². The van der Waals surface area contributed by atoms with Crippen molar-refractivity contribution in [1.82, 2.24) is 0 Å². The molecule has 3 N–H and O–H groups in total. The summed E-state index contributed by atoms with van der Waals surface area (Å²) >= 11 is 1.63. The van der Waals surface area contributed by atoms with Gasteiger partial charge in [-0.3, -0.25) is 4.79 Å². The molecule has 0 bridgehead atoms. The average Bonchev–Trinajstić information content (AvgIpc) is 2.31. The van der Waals surface area contributed by atoms with Crippen LogP contribution in [-0.2, 0) is 4.79 Å². The minimum absolute atomic E-state index is 0.0243. The number of anilines is 2. The Morgan fingerprint density at radius 2 is 2.22 bits per heavy atom. The van der Waals surface area contributed by atoms with Gasteiger partial charge >= 0.3 is 0 Å². The Morgan fingerprint density at radius 1 is 1.50 bits per heavy atom. The minimum atomic E-state index is -0.0243. The molecule has 1 amide bonds. The highest BCUT2D eigenvalue weighted by molar-refractivity contribution is 7.99. The summed E-state index contributed by atoms with van der Waals surface area (Å²) in [4.78, 5) is 11.7. The van der Waals surface area contributed by atoms with Gasteiger partial charge in [0.1, 0.15) is 5.75 Å². The van der Waals surface area contributed by atoms with Gasteiger partial charge in [-0.15, -0.1) is 0 Å². The molecule has 0 radical (unpaired) electrons. The standard InChI is InChI=1S/C13H20N2O2S/c1-9(2)7-18-8-13(16)15-11-5-4-10(14)6-12(11)17-3/h4-6,9H,7-8,14H2,1-3H3,(H,15,16). The normalized spacial score (nSPS) is 10.4. The van der Waals surface area contributed by atoms with E-state index in [1.807, 2.05) is 0 Å². The van der Waals surface area contributed by atoms with Crippen molar-refractivity contribution >= 4 is 29.0 Å². The quantitative estimate of drug-likeness (QED) is 0.778. The molecule has 100 valence electrons. The van der Waals surface area contributed by atoms with E-state index < -0.39 is 0 Å². The Hall–Kier alpha value is -1.36. The summed E-state index contributed by atoms with van der Waals surface area (Å²) in [7, 11) is 1.55. The molecule has 0 atom stereocenters. The predicted molar refractivity (Wildman–Crippen MR) is 78.2 cm³/mol. The van der Waals surface area contributed by atoms with Crippen LogP contribution in [0.25, 0.3) is 0 Å². The molecular formula is C13H20N2O2S. The van der Waals surface area contributed by atoms with Gasteiger partial charge in [-0.2, -0.15) is 11.8 Å². The van der Waals surface area contributed by atoms with Crippen molar-refractivity contribution in [3.8, 4) is 5.75 Å². The number of nitrogens with two attached hydrogens (primary N) is 1. The first kappa shape index (κ1) is 14.7. The highest BCUT2D eigenvalue weighted by Gasteiger charge is 2.08. The average molecular weight is 268 g/mol. The van der Waals surface area contributed by atoms with E-state index in [4.69, 9.17) is 10.5 Å². The zero-order valence-electron chi connectivity index (χ0n) is 11.0. The highest BCUT2D eigenvalue weighted by Crippen LogP contribution is 2.26. The maximum Gasteiger partial charge on any atom is 0.234 e.